The molecule has 55 heavy (non-hydrogen) atoms. The highest BCUT2D eigenvalue weighted by Crippen LogP contribution is 2.38. The number of Topliss-reactive ketones (excluding diaryl/α,β-unsaturated/α-hetero) is 1. The molecule has 1 aliphatic rings. The molecule has 3 N–H and O–H groups in total. The number of allylic oxidation sites excluding steroid dienone is 2. The fourth-order valence-electron chi connectivity index (χ4n) is 6.47. The van der Waals surface area contributed by atoms with Crippen molar-refractivity contribution < 1.29 is 53.5 Å². The van der Waals surface area contributed by atoms with E-state index in [1.54, 1.807) is 24.3 Å². The highest BCUT2D eigenvalue weighted by Gasteiger charge is 2.40. The van der Waals surface area contributed by atoms with E-state index < -0.39 is 29.2 Å². The van der Waals surface area contributed by atoms with Gasteiger partial charge >= 0.3 is 11.9 Å². The Bertz CT molecular complexity index is 1620. The molecule has 14 heteroatoms. The van der Waals surface area contributed by atoms with Crippen LogP contribution in [0.3, 0.4) is 0 Å². The Morgan fingerprint density at radius 3 is 2.45 bits per heavy atom. The number of methoxy groups -OCH3 is 1. The predicted molar refractivity (Wildman–Crippen MR) is 203 cm³/mol. The second kappa shape index (κ2) is 24.4. The molecule has 2 aromatic carbocycles. The van der Waals surface area contributed by atoms with Crippen molar-refractivity contribution >= 4 is 29.7 Å². The number of carbonyl (C=O) groups excluding carboxylic acids is 4. The minimum Gasteiger partial charge on any atom is -0.493 e. The zero-order valence-corrected chi connectivity index (χ0v) is 31.7. The first-order chi connectivity index (χ1) is 26.5. The molecule has 1 aliphatic carbocycles. The molecule has 1 saturated carbocycles. The molecule has 2 aromatic rings. The first kappa shape index (κ1) is 44.3. The number of rotatable bonds is 25. The SMILES string of the molecule is CCCCCCCC(=O)CC[C@@H]1[C@@H](CC=CCCCC(=O)NCC(=O)Oc2ccc(C=CC(=O)Oc3cccc(CO[N+](=O)[O-])c3)cc2OC)[C@@H](O)C[C@H]1O. The third kappa shape index (κ3) is 16.9. The summed E-state index contributed by atoms with van der Waals surface area (Å²) in [4.78, 5) is 64.2. The van der Waals surface area contributed by atoms with Crippen LogP contribution in [0, 0.1) is 22.0 Å². The molecule has 0 aromatic heterocycles. The zero-order valence-electron chi connectivity index (χ0n) is 31.7. The summed E-state index contributed by atoms with van der Waals surface area (Å²) >= 11 is 0. The van der Waals surface area contributed by atoms with Crippen LogP contribution in [0.1, 0.15) is 102 Å². The van der Waals surface area contributed by atoms with E-state index in [9.17, 15) is 39.5 Å². The largest absolute Gasteiger partial charge is 0.493 e. The summed E-state index contributed by atoms with van der Waals surface area (Å²) in [6, 6.07) is 10.7. The van der Waals surface area contributed by atoms with Gasteiger partial charge in [0, 0.05) is 25.3 Å². The Hall–Kier alpha value is -5.08. The summed E-state index contributed by atoms with van der Waals surface area (Å²) < 4.78 is 15.9. The van der Waals surface area contributed by atoms with Gasteiger partial charge in [-0.3, -0.25) is 9.59 Å². The number of aliphatic hydroxyl groups excluding tert-OH is 2. The molecule has 0 spiro atoms. The number of hydrogen-bond acceptors (Lipinski definition) is 12. The molecule has 3 rings (SSSR count). The molecular formula is C41H54N2O12. The number of aliphatic hydroxyl groups is 2. The topological polar surface area (TPSA) is 201 Å². The van der Waals surface area contributed by atoms with E-state index in [0.717, 1.165) is 25.7 Å². The number of benzene rings is 2. The molecule has 0 bridgehead atoms. The number of esters is 2. The van der Waals surface area contributed by atoms with Gasteiger partial charge in [0.1, 0.15) is 24.7 Å². The number of nitrogens with one attached hydrogen (secondary N) is 1. The Labute approximate surface area is 322 Å². The minimum absolute atomic E-state index is 0.114. The van der Waals surface area contributed by atoms with Gasteiger partial charge in [0.25, 0.3) is 5.09 Å². The number of hydrogen-bond donors (Lipinski definition) is 3. The molecule has 1 amide bonds. The first-order valence-corrected chi connectivity index (χ1v) is 18.9. The highest BCUT2D eigenvalue weighted by molar-refractivity contribution is 5.89. The molecule has 1 fully saturated rings. The summed E-state index contributed by atoms with van der Waals surface area (Å²) in [7, 11) is 1.39. The lowest BCUT2D eigenvalue weighted by Gasteiger charge is -2.22. The normalized spacial score (nSPS) is 18.0. The maximum Gasteiger partial charge on any atom is 0.336 e. The first-order valence-electron chi connectivity index (χ1n) is 18.9. The highest BCUT2D eigenvalue weighted by atomic mass is 16.9. The lowest BCUT2D eigenvalue weighted by Crippen LogP contribution is -2.31. The van der Waals surface area contributed by atoms with Crippen molar-refractivity contribution in [3.05, 3.63) is 81.9 Å². The summed E-state index contributed by atoms with van der Waals surface area (Å²) in [5.41, 5.74) is 0.986. The third-order valence-electron chi connectivity index (χ3n) is 9.39. The van der Waals surface area contributed by atoms with Crippen LogP contribution in [0.2, 0.25) is 0 Å². The average molecular weight is 767 g/mol. The van der Waals surface area contributed by atoms with Gasteiger partial charge in [0.05, 0.1) is 19.3 Å². The fourth-order valence-corrected chi connectivity index (χ4v) is 6.47. The van der Waals surface area contributed by atoms with E-state index in [1.165, 1.54) is 43.9 Å². The number of amides is 1. The third-order valence-corrected chi connectivity index (χ3v) is 9.39. The Morgan fingerprint density at radius 1 is 0.909 bits per heavy atom. The van der Waals surface area contributed by atoms with E-state index in [0.29, 0.717) is 56.1 Å². The van der Waals surface area contributed by atoms with E-state index >= 15 is 0 Å². The lowest BCUT2D eigenvalue weighted by molar-refractivity contribution is -0.763. The van der Waals surface area contributed by atoms with Gasteiger partial charge in [-0.25, -0.2) is 9.59 Å². The van der Waals surface area contributed by atoms with Gasteiger partial charge in [-0.05, 0) is 91.8 Å². The van der Waals surface area contributed by atoms with Gasteiger partial charge in [-0.2, -0.15) is 0 Å². The Kier molecular flexibility index (Phi) is 19.6. The number of unbranched alkanes of at least 4 members (excludes halogenated alkanes) is 5. The Balaban J connectivity index is 1.35. The van der Waals surface area contributed by atoms with Crippen LogP contribution in [0.4, 0.5) is 0 Å². The standard InChI is InChI=1S/C41H54N2O12/c1-3-4-5-6-9-14-31(44)20-21-34-33(35(45)26-36(34)46)16-10-7-8-11-17-39(47)42-27-41(49)55-37-22-18-29(25-38(37)52-2)19-23-40(48)54-32-15-12-13-30(24-32)28-53-43(50)51/h7,10,12-13,15,18-19,22-25,33-36,45-46H,3-6,8-9,11,14,16-17,20-21,26-28H2,1-2H3,(H,42,47)/t33-,34-,35+,36-/m1/s1. The average Bonchev–Trinajstić information content (AvgIpc) is 3.43. The molecule has 0 aliphatic heterocycles. The van der Waals surface area contributed by atoms with Crippen molar-refractivity contribution in [3.63, 3.8) is 0 Å². The lowest BCUT2D eigenvalue weighted by atomic mass is 9.86. The molecule has 300 valence electrons. The van der Waals surface area contributed by atoms with Crippen molar-refractivity contribution in [2.45, 2.75) is 109 Å². The van der Waals surface area contributed by atoms with Crippen molar-refractivity contribution in [1.82, 2.24) is 5.32 Å². The molecule has 0 radical (unpaired) electrons. The van der Waals surface area contributed by atoms with Crippen LogP contribution < -0.4 is 19.5 Å². The Morgan fingerprint density at radius 2 is 1.69 bits per heavy atom. The molecular weight excluding hydrogens is 712 g/mol. The molecule has 0 heterocycles. The van der Waals surface area contributed by atoms with Crippen LogP contribution >= 0.6 is 0 Å². The van der Waals surface area contributed by atoms with Gasteiger partial charge in [-0.1, -0.05) is 63.0 Å². The van der Waals surface area contributed by atoms with Crippen LogP contribution in [0.25, 0.3) is 6.08 Å². The molecule has 0 saturated heterocycles. The van der Waals surface area contributed by atoms with Crippen LogP contribution in [-0.4, -0.2) is 64.8 Å². The maximum absolute atomic E-state index is 12.5. The molecule has 4 atom stereocenters. The summed E-state index contributed by atoms with van der Waals surface area (Å²) in [5.74, 6) is -1.22. The van der Waals surface area contributed by atoms with E-state index in [-0.39, 0.29) is 60.3 Å². The van der Waals surface area contributed by atoms with E-state index in [1.807, 2.05) is 12.2 Å². The number of ketones is 1. The van der Waals surface area contributed by atoms with Crippen molar-refractivity contribution in [2.75, 3.05) is 13.7 Å². The minimum atomic E-state index is -0.914. The van der Waals surface area contributed by atoms with Crippen molar-refractivity contribution in [2.24, 2.45) is 11.8 Å². The fraction of sp³-hybridized carbons (Fsp3) is 0.512. The van der Waals surface area contributed by atoms with Crippen LogP contribution in [-0.2, 0) is 30.6 Å². The molecule has 0 unspecified atom stereocenters. The van der Waals surface area contributed by atoms with Gasteiger partial charge in [0.15, 0.2) is 11.5 Å². The van der Waals surface area contributed by atoms with Crippen LogP contribution in [0.15, 0.2) is 60.7 Å². The number of carbonyl (C=O) groups is 4. The molecule has 14 nitrogen and oxygen atoms in total. The monoisotopic (exact) mass is 766 g/mol. The van der Waals surface area contributed by atoms with E-state index in [4.69, 9.17) is 14.2 Å². The van der Waals surface area contributed by atoms with Gasteiger partial charge < -0.3 is 34.6 Å². The van der Waals surface area contributed by atoms with Crippen molar-refractivity contribution in [3.8, 4) is 17.2 Å². The maximum atomic E-state index is 12.5. The smallest absolute Gasteiger partial charge is 0.336 e. The van der Waals surface area contributed by atoms with E-state index in [2.05, 4.69) is 17.1 Å². The predicted octanol–water partition coefficient (Wildman–Crippen LogP) is 6.23. The number of nitrogens with zero attached hydrogens (tertiary/aromatic N) is 1. The zero-order chi connectivity index (χ0) is 40.0. The van der Waals surface area contributed by atoms with Gasteiger partial charge in [-0.15, -0.1) is 10.1 Å². The number of ether oxygens (including phenoxy) is 3. The van der Waals surface area contributed by atoms with Crippen molar-refractivity contribution in [1.29, 1.82) is 0 Å². The quantitative estimate of drug-likeness (QED) is 0.0196. The van der Waals surface area contributed by atoms with Gasteiger partial charge in [0.2, 0.25) is 5.91 Å². The van der Waals surface area contributed by atoms with Crippen LogP contribution in [0.5, 0.6) is 17.2 Å². The summed E-state index contributed by atoms with van der Waals surface area (Å²) in [5, 5.41) is 33.1. The summed E-state index contributed by atoms with van der Waals surface area (Å²) in [6.45, 7) is 1.52. The second-order valence-electron chi connectivity index (χ2n) is 13.6. The second-order valence-corrected chi connectivity index (χ2v) is 13.6. The summed E-state index contributed by atoms with van der Waals surface area (Å²) in [6.07, 6.45) is 14.6.